The number of amides is 1. The van der Waals surface area contributed by atoms with Gasteiger partial charge in [0.15, 0.2) is 11.0 Å². The van der Waals surface area contributed by atoms with Gasteiger partial charge in [0.1, 0.15) is 18.2 Å². The fraction of sp³-hybridized carbons (Fsp3) is 0.250. The Bertz CT molecular complexity index is 1040. The van der Waals surface area contributed by atoms with Crippen molar-refractivity contribution in [2.45, 2.75) is 31.4 Å². The summed E-state index contributed by atoms with van der Waals surface area (Å²) in [7, 11) is 0. The Morgan fingerprint density at radius 2 is 1.84 bits per heavy atom. The van der Waals surface area contributed by atoms with Gasteiger partial charge in [-0.05, 0) is 43.3 Å². The van der Waals surface area contributed by atoms with Crippen LogP contribution in [-0.4, -0.2) is 26.4 Å². The average Bonchev–Trinajstić information content (AvgIpc) is 3.13. The lowest BCUT2D eigenvalue weighted by atomic mass is 10.1. The van der Waals surface area contributed by atoms with Crippen LogP contribution < -0.4 is 10.1 Å². The number of benzene rings is 2. The number of thioether (sulfide) groups is 1. The number of halogens is 4. The number of nitrogens with zero attached hydrogens (tertiary/aromatic N) is 3. The zero-order chi connectivity index (χ0) is 22.4. The van der Waals surface area contributed by atoms with Crippen molar-refractivity contribution in [2.75, 3.05) is 11.1 Å². The van der Waals surface area contributed by atoms with Crippen LogP contribution in [0.15, 0.2) is 53.7 Å². The van der Waals surface area contributed by atoms with Crippen LogP contribution >= 0.6 is 11.8 Å². The number of nitrogens with one attached hydrogen (secondary N) is 1. The smallest absolute Gasteiger partial charge is 0.418 e. The summed E-state index contributed by atoms with van der Waals surface area (Å²) in [5, 5.41) is 10.8. The van der Waals surface area contributed by atoms with Crippen molar-refractivity contribution in [1.82, 2.24) is 14.8 Å². The van der Waals surface area contributed by atoms with E-state index in [4.69, 9.17) is 4.74 Å². The summed E-state index contributed by atoms with van der Waals surface area (Å²) in [6.07, 6.45) is -4.57. The zero-order valence-corrected chi connectivity index (χ0v) is 17.1. The molecule has 0 fully saturated rings. The van der Waals surface area contributed by atoms with Gasteiger partial charge >= 0.3 is 6.18 Å². The lowest BCUT2D eigenvalue weighted by Crippen LogP contribution is -2.18. The number of rotatable bonds is 8. The van der Waals surface area contributed by atoms with E-state index in [1.165, 1.54) is 42.5 Å². The molecule has 0 saturated carbocycles. The highest BCUT2D eigenvalue weighted by Gasteiger charge is 2.33. The largest absolute Gasteiger partial charge is 0.486 e. The van der Waals surface area contributed by atoms with Crippen LogP contribution in [0.5, 0.6) is 5.75 Å². The molecule has 2 aromatic carbocycles. The van der Waals surface area contributed by atoms with E-state index in [1.807, 2.05) is 6.92 Å². The molecule has 3 aromatic rings. The van der Waals surface area contributed by atoms with Crippen LogP contribution in [0.3, 0.4) is 0 Å². The maximum Gasteiger partial charge on any atom is 0.418 e. The number of hydrogen-bond donors (Lipinski definition) is 1. The van der Waals surface area contributed by atoms with Gasteiger partial charge in [-0.2, -0.15) is 13.2 Å². The molecule has 11 heteroatoms. The fourth-order valence-corrected chi connectivity index (χ4v) is 3.51. The standard InChI is InChI=1S/C20H18F4N4O2S/c1-2-28-17(11-30-14-9-7-13(21)8-10-14)26-27-19(28)31-12-18(29)25-16-6-4-3-5-15(16)20(22,23)24/h3-10H,2,11-12H2,1H3,(H,25,29). The second kappa shape index (κ2) is 9.82. The van der Waals surface area contributed by atoms with Crippen molar-refractivity contribution >= 4 is 23.4 Å². The minimum Gasteiger partial charge on any atom is -0.486 e. The molecule has 0 radical (unpaired) electrons. The first-order valence-corrected chi connectivity index (χ1v) is 10.2. The van der Waals surface area contributed by atoms with Crippen LogP contribution in [0.4, 0.5) is 23.2 Å². The summed E-state index contributed by atoms with van der Waals surface area (Å²) in [5.41, 5.74) is -1.21. The Kier molecular flexibility index (Phi) is 7.16. The van der Waals surface area contributed by atoms with Crippen LogP contribution in [0.2, 0.25) is 0 Å². The second-order valence-corrected chi connectivity index (χ2v) is 7.21. The Balaban J connectivity index is 1.60. The molecule has 1 heterocycles. The summed E-state index contributed by atoms with van der Waals surface area (Å²) in [4.78, 5) is 12.2. The molecule has 0 saturated heterocycles. The average molecular weight is 454 g/mol. The van der Waals surface area contributed by atoms with Crippen molar-refractivity contribution < 1.29 is 27.1 Å². The molecule has 0 aliphatic carbocycles. The van der Waals surface area contributed by atoms with Gasteiger partial charge in [0.05, 0.1) is 17.0 Å². The minimum atomic E-state index is -4.57. The van der Waals surface area contributed by atoms with Crippen molar-refractivity contribution in [3.05, 3.63) is 65.7 Å². The Hall–Kier alpha value is -3.08. The van der Waals surface area contributed by atoms with Gasteiger partial charge in [-0.15, -0.1) is 10.2 Å². The molecule has 0 unspecified atom stereocenters. The van der Waals surface area contributed by atoms with Gasteiger partial charge in [-0.3, -0.25) is 4.79 Å². The van der Waals surface area contributed by atoms with Gasteiger partial charge in [0, 0.05) is 6.54 Å². The van der Waals surface area contributed by atoms with Gasteiger partial charge in [0.2, 0.25) is 5.91 Å². The molecule has 0 bridgehead atoms. The van der Waals surface area contributed by atoms with E-state index >= 15 is 0 Å². The van der Waals surface area contributed by atoms with E-state index in [0.29, 0.717) is 23.3 Å². The first-order valence-electron chi connectivity index (χ1n) is 9.17. The zero-order valence-electron chi connectivity index (χ0n) is 16.3. The number of carbonyl (C=O) groups is 1. The Morgan fingerprint density at radius 1 is 1.13 bits per heavy atom. The van der Waals surface area contributed by atoms with E-state index in [-0.39, 0.29) is 23.9 Å². The number of ether oxygens (including phenoxy) is 1. The highest BCUT2D eigenvalue weighted by molar-refractivity contribution is 7.99. The van der Waals surface area contributed by atoms with Crippen LogP contribution in [0, 0.1) is 5.82 Å². The molecule has 0 aliphatic heterocycles. The maximum absolute atomic E-state index is 13.1. The lowest BCUT2D eigenvalue weighted by molar-refractivity contribution is -0.137. The molecule has 0 spiro atoms. The highest BCUT2D eigenvalue weighted by atomic mass is 32.2. The van der Waals surface area contributed by atoms with Crippen molar-refractivity contribution in [3.63, 3.8) is 0 Å². The molecule has 31 heavy (non-hydrogen) atoms. The summed E-state index contributed by atoms with van der Waals surface area (Å²) in [5.74, 6) is -0.167. The van der Waals surface area contributed by atoms with Crippen molar-refractivity contribution in [1.29, 1.82) is 0 Å². The van der Waals surface area contributed by atoms with Gasteiger partial charge in [0.25, 0.3) is 0 Å². The first-order chi connectivity index (χ1) is 14.8. The van der Waals surface area contributed by atoms with E-state index in [2.05, 4.69) is 15.5 Å². The fourth-order valence-electron chi connectivity index (χ4n) is 2.68. The first kappa shape index (κ1) is 22.6. The van der Waals surface area contributed by atoms with Crippen LogP contribution in [0.25, 0.3) is 0 Å². The Morgan fingerprint density at radius 3 is 2.52 bits per heavy atom. The monoisotopic (exact) mass is 454 g/mol. The SMILES string of the molecule is CCn1c(COc2ccc(F)cc2)nnc1SCC(=O)Nc1ccccc1C(F)(F)F. The molecule has 3 rings (SSSR count). The number of anilines is 1. The topological polar surface area (TPSA) is 69.0 Å². The predicted octanol–water partition coefficient (Wildman–Crippen LogP) is 4.77. The summed E-state index contributed by atoms with van der Waals surface area (Å²) >= 11 is 1.05. The third-order valence-corrected chi connectivity index (χ3v) is 5.10. The van der Waals surface area contributed by atoms with Gasteiger partial charge in [-0.25, -0.2) is 4.39 Å². The molecule has 1 N–H and O–H groups in total. The molecular weight excluding hydrogens is 436 g/mol. The highest BCUT2D eigenvalue weighted by Crippen LogP contribution is 2.34. The molecular formula is C20H18F4N4O2S. The summed E-state index contributed by atoms with van der Waals surface area (Å²) in [6.45, 7) is 2.43. The second-order valence-electron chi connectivity index (χ2n) is 6.27. The number of alkyl halides is 3. The number of hydrogen-bond acceptors (Lipinski definition) is 5. The van der Waals surface area contributed by atoms with E-state index in [0.717, 1.165) is 17.8 Å². The quantitative estimate of drug-likeness (QED) is 0.392. The van der Waals surface area contributed by atoms with E-state index in [1.54, 1.807) is 4.57 Å². The third kappa shape index (κ3) is 5.97. The molecule has 164 valence electrons. The molecule has 6 nitrogen and oxygen atoms in total. The van der Waals surface area contributed by atoms with Crippen LogP contribution in [0.1, 0.15) is 18.3 Å². The van der Waals surface area contributed by atoms with Crippen LogP contribution in [-0.2, 0) is 24.1 Å². The maximum atomic E-state index is 13.1. The van der Waals surface area contributed by atoms with Gasteiger partial charge in [-0.1, -0.05) is 23.9 Å². The normalized spacial score (nSPS) is 11.4. The number of aromatic nitrogens is 3. The number of carbonyl (C=O) groups excluding carboxylic acids is 1. The van der Waals surface area contributed by atoms with Gasteiger partial charge < -0.3 is 14.6 Å². The predicted molar refractivity (Wildman–Crippen MR) is 107 cm³/mol. The summed E-state index contributed by atoms with van der Waals surface area (Å²) in [6, 6.07) is 10.3. The third-order valence-electron chi connectivity index (χ3n) is 4.13. The van der Waals surface area contributed by atoms with E-state index in [9.17, 15) is 22.4 Å². The van der Waals surface area contributed by atoms with Crippen molar-refractivity contribution in [3.8, 4) is 5.75 Å². The molecule has 0 atom stereocenters. The lowest BCUT2D eigenvalue weighted by Gasteiger charge is -2.13. The minimum absolute atomic E-state index is 0.0815. The molecule has 1 amide bonds. The van der Waals surface area contributed by atoms with Crippen molar-refractivity contribution in [2.24, 2.45) is 0 Å². The number of para-hydroxylation sites is 1. The Labute approximate surface area is 179 Å². The summed E-state index contributed by atoms with van der Waals surface area (Å²) < 4.78 is 59.4. The van der Waals surface area contributed by atoms with E-state index < -0.39 is 17.6 Å². The molecule has 0 aliphatic rings. The molecule has 1 aromatic heterocycles.